The normalized spacial score (nSPS) is 15.4. The molecule has 2 aromatic rings. The van der Waals surface area contributed by atoms with E-state index in [1.807, 2.05) is 19.1 Å². The number of alkyl halides is 3. The SMILES string of the molecule is Cc1ccc(C(=O)N2CCC(C(=O)Nc3ccccc3C(F)(F)F)CC2)cc1. The molecule has 1 aliphatic heterocycles. The topological polar surface area (TPSA) is 49.4 Å². The Hall–Kier alpha value is -2.83. The zero-order valence-electron chi connectivity index (χ0n) is 15.4. The fraction of sp³-hybridized carbons (Fsp3) is 0.333. The summed E-state index contributed by atoms with van der Waals surface area (Å²) in [6.45, 7) is 2.73. The van der Waals surface area contributed by atoms with Gasteiger partial charge in [-0.2, -0.15) is 13.2 Å². The first-order chi connectivity index (χ1) is 13.3. The Kier molecular flexibility index (Phi) is 5.72. The number of anilines is 1. The summed E-state index contributed by atoms with van der Waals surface area (Å²) < 4.78 is 39.2. The Morgan fingerprint density at radius 1 is 1.00 bits per heavy atom. The Balaban J connectivity index is 1.60. The number of nitrogens with zero attached hydrogens (tertiary/aromatic N) is 1. The van der Waals surface area contributed by atoms with Crippen LogP contribution in [0.15, 0.2) is 48.5 Å². The molecule has 1 N–H and O–H groups in total. The second kappa shape index (κ2) is 8.04. The van der Waals surface area contributed by atoms with E-state index in [4.69, 9.17) is 0 Å². The minimum atomic E-state index is -4.53. The molecule has 0 saturated carbocycles. The van der Waals surface area contributed by atoms with Gasteiger partial charge in [-0.25, -0.2) is 0 Å². The minimum absolute atomic E-state index is 0.0960. The molecule has 1 saturated heterocycles. The van der Waals surface area contributed by atoms with Crippen LogP contribution in [0.1, 0.15) is 34.3 Å². The van der Waals surface area contributed by atoms with Crippen LogP contribution < -0.4 is 5.32 Å². The maximum Gasteiger partial charge on any atom is 0.418 e. The highest BCUT2D eigenvalue weighted by Crippen LogP contribution is 2.35. The van der Waals surface area contributed by atoms with Gasteiger partial charge in [0.05, 0.1) is 11.3 Å². The predicted octanol–water partition coefficient (Wildman–Crippen LogP) is 4.50. The van der Waals surface area contributed by atoms with E-state index in [2.05, 4.69) is 5.32 Å². The molecule has 28 heavy (non-hydrogen) atoms. The van der Waals surface area contributed by atoms with Crippen LogP contribution in [0.3, 0.4) is 0 Å². The average molecular weight is 390 g/mol. The molecule has 0 bridgehead atoms. The first-order valence-electron chi connectivity index (χ1n) is 9.09. The lowest BCUT2D eigenvalue weighted by atomic mass is 9.95. The van der Waals surface area contributed by atoms with Crippen molar-refractivity contribution in [2.45, 2.75) is 25.9 Å². The maximum atomic E-state index is 13.1. The van der Waals surface area contributed by atoms with E-state index >= 15 is 0 Å². The first kappa shape index (κ1) is 19.9. The number of aryl methyl sites for hydroxylation is 1. The number of likely N-dealkylation sites (tertiary alicyclic amines) is 1. The minimum Gasteiger partial charge on any atom is -0.339 e. The highest BCUT2D eigenvalue weighted by atomic mass is 19.4. The van der Waals surface area contributed by atoms with E-state index in [0.29, 0.717) is 31.5 Å². The summed E-state index contributed by atoms with van der Waals surface area (Å²) in [4.78, 5) is 26.7. The van der Waals surface area contributed by atoms with E-state index in [9.17, 15) is 22.8 Å². The molecule has 0 aliphatic carbocycles. The van der Waals surface area contributed by atoms with Crippen molar-refractivity contribution in [2.24, 2.45) is 5.92 Å². The molecule has 0 unspecified atom stereocenters. The van der Waals surface area contributed by atoms with Crippen molar-refractivity contribution in [3.05, 3.63) is 65.2 Å². The molecular weight excluding hydrogens is 369 g/mol. The molecule has 1 aliphatic rings. The monoisotopic (exact) mass is 390 g/mol. The molecule has 1 fully saturated rings. The molecule has 4 nitrogen and oxygen atoms in total. The quantitative estimate of drug-likeness (QED) is 0.839. The number of benzene rings is 2. The van der Waals surface area contributed by atoms with Gasteiger partial charge in [-0.1, -0.05) is 29.8 Å². The van der Waals surface area contributed by atoms with Gasteiger partial charge in [-0.15, -0.1) is 0 Å². The van der Waals surface area contributed by atoms with Crippen molar-refractivity contribution in [1.82, 2.24) is 4.90 Å². The third kappa shape index (κ3) is 4.52. The van der Waals surface area contributed by atoms with Gasteiger partial charge < -0.3 is 10.2 Å². The largest absolute Gasteiger partial charge is 0.418 e. The maximum absolute atomic E-state index is 13.1. The molecule has 2 amide bonds. The van der Waals surface area contributed by atoms with E-state index in [1.165, 1.54) is 18.2 Å². The lowest BCUT2D eigenvalue weighted by Gasteiger charge is -2.31. The van der Waals surface area contributed by atoms with Gasteiger partial charge >= 0.3 is 6.18 Å². The zero-order valence-corrected chi connectivity index (χ0v) is 15.4. The molecule has 0 spiro atoms. The van der Waals surface area contributed by atoms with Crippen LogP contribution in [-0.2, 0) is 11.0 Å². The fourth-order valence-electron chi connectivity index (χ4n) is 3.30. The van der Waals surface area contributed by atoms with Gasteiger partial charge in [0.2, 0.25) is 5.91 Å². The summed E-state index contributed by atoms with van der Waals surface area (Å²) in [5.41, 5.74) is 0.548. The van der Waals surface area contributed by atoms with Crippen LogP contribution in [0.5, 0.6) is 0 Å². The molecule has 2 aromatic carbocycles. The lowest BCUT2D eigenvalue weighted by Crippen LogP contribution is -2.41. The Bertz CT molecular complexity index is 855. The van der Waals surface area contributed by atoms with Crippen molar-refractivity contribution in [1.29, 1.82) is 0 Å². The molecule has 1 heterocycles. The molecule has 3 rings (SSSR count). The molecule has 0 radical (unpaired) electrons. The van der Waals surface area contributed by atoms with Crippen LogP contribution in [0.2, 0.25) is 0 Å². The van der Waals surface area contributed by atoms with E-state index < -0.39 is 23.6 Å². The summed E-state index contributed by atoms with van der Waals surface area (Å²) in [5.74, 6) is -0.969. The van der Waals surface area contributed by atoms with E-state index in [0.717, 1.165) is 11.6 Å². The Morgan fingerprint density at radius 3 is 2.21 bits per heavy atom. The molecular formula is C21H21F3N2O2. The lowest BCUT2D eigenvalue weighted by molar-refractivity contribution is -0.137. The second-order valence-corrected chi connectivity index (χ2v) is 6.97. The van der Waals surface area contributed by atoms with Crippen LogP contribution in [0.25, 0.3) is 0 Å². The van der Waals surface area contributed by atoms with Crippen molar-refractivity contribution < 1.29 is 22.8 Å². The zero-order chi connectivity index (χ0) is 20.3. The van der Waals surface area contributed by atoms with Gasteiger partial charge in [0.25, 0.3) is 5.91 Å². The summed E-state index contributed by atoms with van der Waals surface area (Å²) in [7, 11) is 0. The molecule has 148 valence electrons. The molecule has 0 aromatic heterocycles. The van der Waals surface area contributed by atoms with Gasteiger partial charge in [-0.05, 0) is 44.0 Å². The number of hydrogen-bond donors (Lipinski definition) is 1. The van der Waals surface area contributed by atoms with E-state index in [-0.39, 0.29) is 11.6 Å². The first-order valence-corrected chi connectivity index (χ1v) is 9.09. The Morgan fingerprint density at radius 2 is 1.61 bits per heavy atom. The predicted molar refractivity (Wildman–Crippen MR) is 99.9 cm³/mol. The number of carbonyl (C=O) groups is 2. The highest BCUT2D eigenvalue weighted by Gasteiger charge is 2.34. The number of hydrogen-bond acceptors (Lipinski definition) is 2. The number of halogens is 3. The molecule has 7 heteroatoms. The standard InChI is InChI=1S/C21H21F3N2O2/c1-14-6-8-16(9-7-14)20(28)26-12-10-15(11-13-26)19(27)25-18-5-3-2-4-17(18)21(22,23)24/h2-9,15H,10-13H2,1H3,(H,25,27). The van der Waals surface area contributed by atoms with Crippen LogP contribution in [0, 0.1) is 12.8 Å². The summed E-state index contributed by atoms with van der Waals surface area (Å²) in [5, 5.41) is 2.41. The van der Waals surface area contributed by atoms with Crippen LogP contribution in [-0.4, -0.2) is 29.8 Å². The van der Waals surface area contributed by atoms with E-state index in [1.54, 1.807) is 17.0 Å². The summed E-state index contributed by atoms with van der Waals surface area (Å²) in [6, 6.07) is 12.2. The number of para-hydroxylation sites is 1. The second-order valence-electron chi connectivity index (χ2n) is 6.97. The third-order valence-electron chi connectivity index (χ3n) is 4.94. The van der Waals surface area contributed by atoms with Gasteiger partial charge in [0.1, 0.15) is 0 Å². The van der Waals surface area contributed by atoms with Crippen molar-refractivity contribution >= 4 is 17.5 Å². The number of rotatable bonds is 3. The van der Waals surface area contributed by atoms with Gasteiger partial charge in [0, 0.05) is 24.6 Å². The number of amides is 2. The summed E-state index contributed by atoms with van der Waals surface area (Å²) in [6.07, 6.45) is -3.71. The van der Waals surface area contributed by atoms with Crippen molar-refractivity contribution in [3.63, 3.8) is 0 Å². The molecule has 0 atom stereocenters. The van der Waals surface area contributed by atoms with Crippen LogP contribution >= 0.6 is 0 Å². The van der Waals surface area contributed by atoms with Crippen molar-refractivity contribution in [2.75, 3.05) is 18.4 Å². The summed E-state index contributed by atoms with van der Waals surface area (Å²) >= 11 is 0. The van der Waals surface area contributed by atoms with Crippen LogP contribution in [0.4, 0.5) is 18.9 Å². The number of nitrogens with one attached hydrogen (secondary N) is 1. The average Bonchev–Trinajstić information content (AvgIpc) is 2.68. The highest BCUT2D eigenvalue weighted by molar-refractivity contribution is 5.95. The number of piperidine rings is 1. The fourth-order valence-corrected chi connectivity index (χ4v) is 3.30. The number of carbonyl (C=O) groups excluding carboxylic acids is 2. The third-order valence-corrected chi connectivity index (χ3v) is 4.94. The van der Waals surface area contributed by atoms with Gasteiger partial charge in [0.15, 0.2) is 0 Å². The van der Waals surface area contributed by atoms with Gasteiger partial charge in [-0.3, -0.25) is 9.59 Å². The Labute approximate surface area is 161 Å². The smallest absolute Gasteiger partial charge is 0.339 e. The van der Waals surface area contributed by atoms with Crippen molar-refractivity contribution in [3.8, 4) is 0 Å².